The highest BCUT2D eigenvalue weighted by molar-refractivity contribution is 7.47. The van der Waals surface area contributed by atoms with E-state index in [2.05, 4.69) is 19.2 Å². The Bertz CT molecular complexity index is 591. The third kappa shape index (κ3) is 22.4. The average molecular weight is 535 g/mol. The van der Waals surface area contributed by atoms with E-state index in [0.717, 1.165) is 38.5 Å². The number of hydrogen-bond acceptors (Lipinski definition) is 6. The van der Waals surface area contributed by atoms with E-state index in [-0.39, 0.29) is 25.7 Å². The van der Waals surface area contributed by atoms with Gasteiger partial charge in [-0.25, -0.2) is 4.57 Å². The van der Waals surface area contributed by atoms with Crippen molar-refractivity contribution in [3.8, 4) is 0 Å². The van der Waals surface area contributed by atoms with Crippen LogP contribution in [-0.4, -0.2) is 47.8 Å². The van der Waals surface area contributed by atoms with Crippen molar-refractivity contribution in [3.63, 3.8) is 0 Å². The topological polar surface area (TPSA) is 131 Å². The summed E-state index contributed by atoms with van der Waals surface area (Å²) < 4.78 is 21.8. The van der Waals surface area contributed by atoms with Crippen LogP contribution in [0.3, 0.4) is 0 Å². The molecular weight excluding hydrogens is 479 g/mol. The molecule has 1 unspecified atom stereocenters. The number of unbranched alkanes of at least 4 members (excludes halogenated alkanes) is 14. The zero-order valence-electron chi connectivity index (χ0n) is 23.0. The lowest BCUT2D eigenvalue weighted by Crippen LogP contribution is -2.45. The molecular formula is C27H55N2O6P. The summed E-state index contributed by atoms with van der Waals surface area (Å²) >= 11 is 0. The molecule has 0 aromatic rings. The van der Waals surface area contributed by atoms with Crippen LogP contribution in [-0.2, 0) is 18.4 Å². The quantitative estimate of drug-likeness (QED) is 0.0594. The van der Waals surface area contributed by atoms with E-state index >= 15 is 0 Å². The van der Waals surface area contributed by atoms with E-state index in [9.17, 15) is 19.4 Å². The fourth-order valence-corrected chi connectivity index (χ4v) is 4.65. The minimum absolute atomic E-state index is 0.0800. The van der Waals surface area contributed by atoms with Crippen molar-refractivity contribution < 1.29 is 28.4 Å². The van der Waals surface area contributed by atoms with Crippen molar-refractivity contribution in [1.29, 1.82) is 0 Å². The molecule has 8 nitrogen and oxygen atoms in total. The molecule has 0 aliphatic heterocycles. The first-order chi connectivity index (χ1) is 17.4. The number of rotatable bonds is 26. The van der Waals surface area contributed by atoms with Gasteiger partial charge in [0.1, 0.15) is 0 Å². The number of carbonyl (C=O) groups excluding carboxylic acids is 1. The van der Waals surface area contributed by atoms with Crippen molar-refractivity contribution in [2.24, 2.45) is 5.73 Å². The molecule has 5 N–H and O–H groups in total. The van der Waals surface area contributed by atoms with Crippen molar-refractivity contribution in [3.05, 3.63) is 12.2 Å². The molecule has 3 atom stereocenters. The van der Waals surface area contributed by atoms with Gasteiger partial charge in [0.15, 0.2) is 0 Å². The maximum Gasteiger partial charge on any atom is 0.472 e. The van der Waals surface area contributed by atoms with Crippen LogP contribution < -0.4 is 11.1 Å². The molecule has 36 heavy (non-hydrogen) atoms. The van der Waals surface area contributed by atoms with Crippen LogP contribution >= 0.6 is 7.82 Å². The molecule has 0 heterocycles. The van der Waals surface area contributed by atoms with Crippen molar-refractivity contribution in [2.75, 3.05) is 19.8 Å². The Kier molecular flexibility index (Phi) is 24.1. The molecule has 0 saturated heterocycles. The van der Waals surface area contributed by atoms with Crippen molar-refractivity contribution in [1.82, 2.24) is 5.32 Å². The van der Waals surface area contributed by atoms with Gasteiger partial charge in [0.25, 0.3) is 0 Å². The van der Waals surface area contributed by atoms with E-state index in [0.29, 0.717) is 6.42 Å². The van der Waals surface area contributed by atoms with Crippen LogP contribution in [0.15, 0.2) is 12.2 Å². The number of nitrogens with two attached hydrogens (primary N) is 1. The van der Waals surface area contributed by atoms with Gasteiger partial charge in [-0.3, -0.25) is 13.8 Å². The molecule has 0 fully saturated rings. The average Bonchev–Trinajstić information content (AvgIpc) is 2.85. The Morgan fingerprint density at radius 2 is 1.42 bits per heavy atom. The van der Waals surface area contributed by atoms with E-state index in [1.165, 1.54) is 64.2 Å². The van der Waals surface area contributed by atoms with Gasteiger partial charge in [0, 0.05) is 13.0 Å². The van der Waals surface area contributed by atoms with E-state index in [1.807, 2.05) is 6.08 Å². The number of aliphatic hydroxyl groups is 1. The second-order valence-corrected chi connectivity index (χ2v) is 11.1. The highest BCUT2D eigenvalue weighted by Crippen LogP contribution is 2.43. The minimum Gasteiger partial charge on any atom is -0.387 e. The Balaban J connectivity index is 4.53. The zero-order chi connectivity index (χ0) is 26.9. The number of phosphoric acid groups is 1. The minimum atomic E-state index is -4.31. The molecule has 0 saturated carbocycles. The second-order valence-electron chi connectivity index (χ2n) is 9.61. The number of aliphatic hydroxyl groups excluding tert-OH is 1. The van der Waals surface area contributed by atoms with Crippen molar-refractivity contribution >= 4 is 13.7 Å². The lowest BCUT2D eigenvalue weighted by Gasteiger charge is -2.23. The predicted molar refractivity (Wildman–Crippen MR) is 148 cm³/mol. The lowest BCUT2D eigenvalue weighted by molar-refractivity contribution is -0.123. The molecule has 1 amide bonds. The van der Waals surface area contributed by atoms with Crippen LogP contribution in [0.2, 0.25) is 0 Å². The van der Waals surface area contributed by atoms with E-state index < -0.39 is 20.0 Å². The smallest absolute Gasteiger partial charge is 0.387 e. The summed E-state index contributed by atoms with van der Waals surface area (Å²) in [6.45, 7) is 4.03. The summed E-state index contributed by atoms with van der Waals surface area (Å²) in [7, 11) is -4.31. The molecule has 9 heteroatoms. The first-order valence-corrected chi connectivity index (χ1v) is 15.8. The van der Waals surface area contributed by atoms with Gasteiger partial charge in [0.2, 0.25) is 5.91 Å². The highest BCUT2D eigenvalue weighted by atomic mass is 31.2. The molecule has 0 bridgehead atoms. The first-order valence-electron chi connectivity index (χ1n) is 14.3. The fraction of sp³-hybridized carbons (Fsp3) is 0.889. The van der Waals surface area contributed by atoms with Gasteiger partial charge in [0.05, 0.1) is 25.4 Å². The number of carbonyl (C=O) groups is 1. The van der Waals surface area contributed by atoms with Crippen molar-refractivity contribution in [2.45, 2.75) is 135 Å². The van der Waals surface area contributed by atoms with Gasteiger partial charge in [-0.15, -0.1) is 0 Å². The molecule has 0 aliphatic carbocycles. The van der Waals surface area contributed by atoms with Gasteiger partial charge in [-0.05, 0) is 19.3 Å². The van der Waals surface area contributed by atoms with E-state index in [4.69, 9.17) is 14.8 Å². The number of nitrogens with one attached hydrogen (secondary N) is 1. The molecule has 0 aliphatic rings. The molecule has 0 rings (SSSR count). The monoisotopic (exact) mass is 534 g/mol. The lowest BCUT2D eigenvalue weighted by atomic mass is 10.1. The highest BCUT2D eigenvalue weighted by Gasteiger charge is 2.26. The number of phosphoric ester groups is 1. The number of hydrogen-bond donors (Lipinski definition) is 4. The molecule has 0 spiro atoms. The van der Waals surface area contributed by atoms with Crippen LogP contribution in [0, 0.1) is 0 Å². The van der Waals surface area contributed by atoms with Crippen LogP contribution in [0.4, 0.5) is 0 Å². The fourth-order valence-electron chi connectivity index (χ4n) is 3.89. The SMILES string of the molecule is CCCCCCCCC/C=C/[C@@H](O)[C@H](COP(=O)(O)OCCN)NC(=O)CCCCCCCCCC. The van der Waals surface area contributed by atoms with Gasteiger partial charge in [-0.2, -0.15) is 0 Å². The summed E-state index contributed by atoms with van der Waals surface area (Å²) in [6, 6.07) is -0.848. The third-order valence-electron chi connectivity index (χ3n) is 6.11. The Labute approximate surface area is 220 Å². The standard InChI is InChI=1S/C27H55N2O6P/c1-3-5-7-9-11-13-14-16-18-20-26(30)25(24-35-36(32,33)34-23-22-28)29-27(31)21-19-17-15-12-10-8-6-4-2/h18,20,25-26,30H,3-17,19,21-24,28H2,1-2H3,(H,29,31)(H,32,33)/b20-18+/t25-,26+/m0/s1. The van der Waals surface area contributed by atoms with Gasteiger partial charge >= 0.3 is 7.82 Å². The first kappa shape index (κ1) is 35.2. The Hall–Kier alpha value is -0.760. The summed E-state index contributed by atoms with van der Waals surface area (Å²) in [5.41, 5.74) is 5.30. The Morgan fingerprint density at radius 1 is 0.889 bits per heavy atom. The van der Waals surface area contributed by atoms with Gasteiger partial charge < -0.3 is 21.1 Å². The number of amides is 1. The molecule has 214 valence electrons. The summed E-state index contributed by atoms with van der Waals surface area (Å²) in [4.78, 5) is 22.3. The molecule has 0 aromatic heterocycles. The van der Waals surface area contributed by atoms with Gasteiger partial charge in [-0.1, -0.05) is 109 Å². The molecule has 0 aromatic carbocycles. The second kappa shape index (κ2) is 24.6. The third-order valence-corrected chi connectivity index (χ3v) is 7.10. The summed E-state index contributed by atoms with van der Waals surface area (Å²) in [5, 5.41) is 13.4. The van der Waals surface area contributed by atoms with Crippen LogP contribution in [0.25, 0.3) is 0 Å². The molecule has 0 radical (unpaired) electrons. The largest absolute Gasteiger partial charge is 0.472 e. The van der Waals surface area contributed by atoms with Crippen LogP contribution in [0.5, 0.6) is 0 Å². The Morgan fingerprint density at radius 3 is 1.97 bits per heavy atom. The maximum atomic E-state index is 12.5. The summed E-state index contributed by atoms with van der Waals surface area (Å²) in [6.07, 6.45) is 21.3. The normalized spacial score (nSPS) is 15.1. The summed E-state index contributed by atoms with van der Waals surface area (Å²) in [5.74, 6) is -0.204. The zero-order valence-corrected chi connectivity index (χ0v) is 23.9. The maximum absolute atomic E-state index is 12.5. The van der Waals surface area contributed by atoms with E-state index in [1.54, 1.807) is 6.08 Å². The van der Waals surface area contributed by atoms with Crippen LogP contribution in [0.1, 0.15) is 123 Å². The number of allylic oxidation sites excluding steroid dienone is 1. The predicted octanol–water partition coefficient (Wildman–Crippen LogP) is 6.15.